The lowest BCUT2D eigenvalue weighted by Gasteiger charge is -2.23. The maximum atomic E-state index is 11.1. The van der Waals surface area contributed by atoms with E-state index >= 15 is 0 Å². The van der Waals surface area contributed by atoms with E-state index in [1.807, 2.05) is 4.90 Å². The van der Waals surface area contributed by atoms with Gasteiger partial charge in [-0.1, -0.05) is 10.3 Å². The third-order valence-corrected chi connectivity index (χ3v) is 3.66. The number of carboxylic acids is 1. The fraction of sp³-hybridized carbons (Fsp3) is 0.500. The predicted molar refractivity (Wildman–Crippen MR) is 64.5 cm³/mol. The molecule has 1 fully saturated rings. The Morgan fingerprint density at radius 1 is 1.35 bits per heavy atom. The Labute approximate surface area is 113 Å². The van der Waals surface area contributed by atoms with Crippen LogP contribution in [-0.4, -0.2) is 33.0 Å². The van der Waals surface area contributed by atoms with Crippen LogP contribution < -0.4 is 4.90 Å². The van der Waals surface area contributed by atoms with Crippen molar-refractivity contribution in [1.82, 2.24) is 15.4 Å². The van der Waals surface area contributed by atoms with Crippen molar-refractivity contribution in [2.24, 2.45) is 0 Å². The SMILES string of the molecule is O=C(O)c1noc2c1CN(c1nnc(C3CC3)o1)CC2. The van der Waals surface area contributed by atoms with E-state index in [1.165, 1.54) is 0 Å². The Morgan fingerprint density at radius 3 is 2.95 bits per heavy atom. The van der Waals surface area contributed by atoms with Crippen molar-refractivity contribution in [3.05, 3.63) is 22.9 Å². The summed E-state index contributed by atoms with van der Waals surface area (Å²) in [5.41, 5.74) is 0.557. The van der Waals surface area contributed by atoms with Crippen LogP contribution in [0.5, 0.6) is 0 Å². The number of hydrogen-bond donors (Lipinski definition) is 1. The maximum absolute atomic E-state index is 11.1. The molecule has 0 unspecified atom stereocenters. The second kappa shape index (κ2) is 4.06. The molecule has 8 nitrogen and oxygen atoms in total. The summed E-state index contributed by atoms with van der Waals surface area (Å²) in [4.78, 5) is 13.0. The Hall–Kier alpha value is -2.38. The summed E-state index contributed by atoms with van der Waals surface area (Å²) in [6, 6.07) is 0.440. The molecule has 1 N–H and O–H groups in total. The molecule has 0 radical (unpaired) electrons. The summed E-state index contributed by atoms with van der Waals surface area (Å²) in [7, 11) is 0. The van der Waals surface area contributed by atoms with Gasteiger partial charge in [-0.15, -0.1) is 5.10 Å². The van der Waals surface area contributed by atoms with E-state index in [-0.39, 0.29) is 5.69 Å². The Morgan fingerprint density at radius 2 is 2.20 bits per heavy atom. The highest BCUT2D eigenvalue weighted by molar-refractivity contribution is 5.87. The number of carbonyl (C=O) groups is 1. The van der Waals surface area contributed by atoms with Crippen LogP contribution in [0.1, 0.15) is 46.5 Å². The normalized spacial score (nSPS) is 18.1. The highest BCUT2D eigenvalue weighted by Gasteiger charge is 2.32. The number of hydrogen-bond acceptors (Lipinski definition) is 7. The zero-order valence-electron chi connectivity index (χ0n) is 10.6. The monoisotopic (exact) mass is 276 g/mol. The number of anilines is 1. The lowest BCUT2D eigenvalue weighted by atomic mass is 10.1. The van der Waals surface area contributed by atoms with Crippen LogP contribution in [0.25, 0.3) is 0 Å². The van der Waals surface area contributed by atoms with Crippen LogP contribution >= 0.6 is 0 Å². The average Bonchev–Trinajstić information content (AvgIpc) is 3.03. The fourth-order valence-electron chi connectivity index (χ4n) is 2.39. The van der Waals surface area contributed by atoms with Crippen molar-refractivity contribution in [3.8, 4) is 0 Å². The summed E-state index contributed by atoms with van der Waals surface area (Å²) < 4.78 is 10.7. The summed E-state index contributed by atoms with van der Waals surface area (Å²) >= 11 is 0. The summed E-state index contributed by atoms with van der Waals surface area (Å²) in [5, 5.41) is 20.8. The van der Waals surface area contributed by atoms with E-state index in [4.69, 9.17) is 14.0 Å². The van der Waals surface area contributed by atoms with Crippen LogP contribution in [0, 0.1) is 0 Å². The molecule has 2 aliphatic rings. The molecule has 20 heavy (non-hydrogen) atoms. The zero-order chi connectivity index (χ0) is 13.7. The summed E-state index contributed by atoms with van der Waals surface area (Å²) in [6.45, 7) is 1.01. The molecule has 0 atom stereocenters. The molecule has 2 aromatic heterocycles. The molecule has 2 aromatic rings. The molecule has 0 amide bonds. The molecular formula is C12H12N4O4. The first-order valence-corrected chi connectivity index (χ1v) is 6.51. The molecule has 1 saturated carbocycles. The minimum atomic E-state index is -1.08. The Kier molecular flexibility index (Phi) is 2.32. The van der Waals surface area contributed by atoms with Crippen molar-refractivity contribution >= 4 is 12.0 Å². The number of fused-ring (bicyclic) bond motifs is 1. The van der Waals surface area contributed by atoms with Gasteiger partial charge in [-0.05, 0) is 12.8 Å². The van der Waals surface area contributed by atoms with Gasteiger partial charge in [0.1, 0.15) is 5.76 Å². The molecule has 0 spiro atoms. The van der Waals surface area contributed by atoms with Gasteiger partial charge >= 0.3 is 12.0 Å². The standard InChI is InChI=1S/C12H12N4O4/c17-11(18)9-7-5-16(4-3-8(7)20-15-9)12-14-13-10(19-12)6-1-2-6/h6H,1-5H2,(H,17,18). The van der Waals surface area contributed by atoms with Crippen LogP contribution in [0.15, 0.2) is 8.94 Å². The van der Waals surface area contributed by atoms with Crippen molar-refractivity contribution in [2.45, 2.75) is 31.7 Å². The molecule has 0 bridgehead atoms. The van der Waals surface area contributed by atoms with Gasteiger partial charge in [0.2, 0.25) is 5.89 Å². The molecule has 8 heteroatoms. The van der Waals surface area contributed by atoms with Gasteiger partial charge < -0.3 is 18.9 Å². The first kappa shape index (κ1) is 11.4. The Bertz CT molecular complexity index is 673. The van der Waals surface area contributed by atoms with Gasteiger partial charge in [0.05, 0.1) is 6.54 Å². The first-order valence-electron chi connectivity index (χ1n) is 6.51. The molecule has 4 rings (SSSR count). The second-order valence-corrected chi connectivity index (χ2v) is 5.11. The van der Waals surface area contributed by atoms with E-state index in [0.29, 0.717) is 48.7 Å². The van der Waals surface area contributed by atoms with E-state index in [9.17, 15) is 4.79 Å². The molecular weight excluding hydrogens is 264 g/mol. The smallest absolute Gasteiger partial charge is 0.358 e. The minimum absolute atomic E-state index is 0.0355. The van der Waals surface area contributed by atoms with Crippen molar-refractivity contribution in [3.63, 3.8) is 0 Å². The van der Waals surface area contributed by atoms with E-state index in [0.717, 1.165) is 12.8 Å². The largest absolute Gasteiger partial charge is 0.476 e. The first-order chi connectivity index (χ1) is 9.72. The molecule has 104 valence electrons. The molecule has 3 heterocycles. The molecule has 1 aliphatic carbocycles. The molecule has 0 saturated heterocycles. The summed E-state index contributed by atoms with van der Waals surface area (Å²) in [6.07, 6.45) is 2.78. The second-order valence-electron chi connectivity index (χ2n) is 5.11. The van der Waals surface area contributed by atoms with Crippen molar-refractivity contribution in [2.75, 3.05) is 11.4 Å². The fourth-order valence-corrected chi connectivity index (χ4v) is 2.39. The van der Waals surface area contributed by atoms with Crippen LogP contribution in [0.2, 0.25) is 0 Å². The predicted octanol–water partition coefficient (Wildman–Crippen LogP) is 1.20. The number of aromatic carboxylic acids is 1. The van der Waals surface area contributed by atoms with Gasteiger partial charge in [0.25, 0.3) is 0 Å². The van der Waals surface area contributed by atoms with Crippen molar-refractivity contribution < 1.29 is 18.8 Å². The topological polar surface area (TPSA) is 105 Å². The number of nitrogens with zero attached hydrogens (tertiary/aromatic N) is 4. The summed E-state index contributed by atoms with van der Waals surface area (Å²) in [5.74, 6) is 0.623. The molecule has 0 aromatic carbocycles. The van der Waals surface area contributed by atoms with E-state index < -0.39 is 5.97 Å². The average molecular weight is 276 g/mol. The van der Waals surface area contributed by atoms with Gasteiger partial charge in [0.15, 0.2) is 5.69 Å². The van der Waals surface area contributed by atoms with Crippen molar-refractivity contribution in [1.29, 1.82) is 0 Å². The third kappa shape index (κ3) is 1.75. The zero-order valence-corrected chi connectivity index (χ0v) is 10.6. The molecule has 1 aliphatic heterocycles. The third-order valence-electron chi connectivity index (χ3n) is 3.66. The van der Waals surface area contributed by atoms with Gasteiger partial charge in [-0.2, -0.15) is 0 Å². The van der Waals surface area contributed by atoms with Gasteiger partial charge in [-0.3, -0.25) is 0 Å². The number of rotatable bonds is 3. The quantitative estimate of drug-likeness (QED) is 0.891. The maximum Gasteiger partial charge on any atom is 0.358 e. The lowest BCUT2D eigenvalue weighted by Crippen LogP contribution is -2.30. The highest BCUT2D eigenvalue weighted by Crippen LogP contribution is 2.40. The Balaban J connectivity index is 1.61. The number of carboxylic acid groups (broad SMARTS) is 1. The van der Waals surface area contributed by atoms with E-state index in [2.05, 4.69) is 15.4 Å². The minimum Gasteiger partial charge on any atom is -0.476 e. The highest BCUT2D eigenvalue weighted by atomic mass is 16.5. The van der Waals surface area contributed by atoms with Crippen LogP contribution in [0.4, 0.5) is 6.01 Å². The van der Waals surface area contributed by atoms with Gasteiger partial charge in [0, 0.05) is 24.4 Å². The van der Waals surface area contributed by atoms with Crippen LogP contribution in [-0.2, 0) is 13.0 Å². The van der Waals surface area contributed by atoms with Gasteiger partial charge in [-0.25, -0.2) is 4.79 Å². The lowest BCUT2D eigenvalue weighted by molar-refractivity contribution is 0.0684. The van der Waals surface area contributed by atoms with Crippen LogP contribution in [0.3, 0.4) is 0 Å². The number of aromatic nitrogens is 3. The van der Waals surface area contributed by atoms with E-state index in [1.54, 1.807) is 0 Å².